The summed E-state index contributed by atoms with van der Waals surface area (Å²) in [5.74, 6) is 0.490. The maximum atomic E-state index is 12.0. The summed E-state index contributed by atoms with van der Waals surface area (Å²) in [7, 11) is 0. The number of anilines is 2. The van der Waals surface area contributed by atoms with E-state index in [9.17, 15) is 9.59 Å². The van der Waals surface area contributed by atoms with E-state index in [0.717, 1.165) is 17.6 Å². The summed E-state index contributed by atoms with van der Waals surface area (Å²) in [6.45, 7) is 6.17. The van der Waals surface area contributed by atoms with Crippen molar-refractivity contribution < 1.29 is 14.3 Å². The minimum atomic E-state index is -0.531. The topological polar surface area (TPSA) is 58.6 Å². The number of benzene rings is 1. The number of ether oxygens (including phenoxy) is 1. The number of rotatable bonds is 3. The molecule has 1 aliphatic heterocycles. The molecule has 2 rings (SSSR count). The van der Waals surface area contributed by atoms with Gasteiger partial charge in [-0.25, -0.2) is 4.79 Å². The molecule has 1 fully saturated rings. The fourth-order valence-corrected chi connectivity index (χ4v) is 2.71. The van der Waals surface area contributed by atoms with Crippen molar-refractivity contribution in [2.45, 2.75) is 32.8 Å². The van der Waals surface area contributed by atoms with Crippen molar-refractivity contribution in [2.24, 2.45) is 5.92 Å². The Kier molecular flexibility index (Phi) is 5.11. The molecule has 1 heterocycles. The quantitative estimate of drug-likeness (QED) is 0.825. The van der Waals surface area contributed by atoms with Crippen LogP contribution in [0.5, 0.6) is 0 Å². The Bertz CT molecular complexity index is 552. The van der Waals surface area contributed by atoms with Gasteiger partial charge in [0.1, 0.15) is 5.60 Å². The Morgan fingerprint density at radius 1 is 1.36 bits per heavy atom. The minimum Gasteiger partial charge on any atom is -0.444 e. The highest BCUT2D eigenvalue weighted by atomic mass is 79.9. The third kappa shape index (κ3) is 4.47. The molecule has 0 radical (unpaired) electrons. The molecule has 120 valence electrons. The second-order valence-electron chi connectivity index (χ2n) is 6.40. The monoisotopic (exact) mass is 368 g/mol. The van der Waals surface area contributed by atoms with Crippen molar-refractivity contribution >= 4 is 39.3 Å². The van der Waals surface area contributed by atoms with Crippen molar-refractivity contribution in [1.82, 2.24) is 0 Å². The maximum absolute atomic E-state index is 12.0. The van der Waals surface area contributed by atoms with Crippen LogP contribution in [-0.2, 0) is 9.53 Å². The van der Waals surface area contributed by atoms with Crippen LogP contribution < -0.4 is 10.2 Å². The number of hydrogen-bond donors (Lipinski definition) is 1. The van der Waals surface area contributed by atoms with Gasteiger partial charge in [-0.15, -0.1) is 0 Å². The van der Waals surface area contributed by atoms with Gasteiger partial charge in [0.2, 0.25) is 5.91 Å². The summed E-state index contributed by atoms with van der Waals surface area (Å²) in [5.41, 5.74) is 0.960. The van der Waals surface area contributed by atoms with Gasteiger partial charge in [0, 0.05) is 29.7 Å². The summed E-state index contributed by atoms with van der Waals surface area (Å²) in [4.78, 5) is 25.5. The summed E-state index contributed by atoms with van der Waals surface area (Å²) >= 11 is 3.43. The number of amides is 2. The molecule has 0 spiro atoms. The smallest absolute Gasteiger partial charge is 0.412 e. The molecule has 6 heteroatoms. The largest absolute Gasteiger partial charge is 0.444 e. The second kappa shape index (κ2) is 6.69. The van der Waals surface area contributed by atoms with Gasteiger partial charge in [-0.2, -0.15) is 0 Å². The van der Waals surface area contributed by atoms with E-state index < -0.39 is 11.7 Å². The molecule has 1 unspecified atom stereocenters. The molecule has 5 nitrogen and oxygen atoms in total. The van der Waals surface area contributed by atoms with Crippen LogP contribution in [0.2, 0.25) is 0 Å². The van der Waals surface area contributed by atoms with Crippen LogP contribution in [-0.4, -0.2) is 29.5 Å². The van der Waals surface area contributed by atoms with Crippen LogP contribution >= 0.6 is 15.9 Å². The molecule has 0 aromatic heterocycles. The van der Waals surface area contributed by atoms with Crippen molar-refractivity contribution in [2.75, 3.05) is 22.1 Å². The highest BCUT2D eigenvalue weighted by Crippen LogP contribution is 2.27. The van der Waals surface area contributed by atoms with Crippen molar-refractivity contribution in [1.29, 1.82) is 0 Å². The van der Waals surface area contributed by atoms with E-state index in [1.54, 1.807) is 17.0 Å². The van der Waals surface area contributed by atoms with Crippen LogP contribution in [0.15, 0.2) is 24.3 Å². The molecule has 0 bridgehead atoms. The highest BCUT2D eigenvalue weighted by Gasteiger charge is 2.29. The van der Waals surface area contributed by atoms with E-state index in [2.05, 4.69) is 21.2 Å². The van der Waals surface area contributed by atoms with Gasteiger partial charge in [0.25, 0.3) is 0 Å². The zero-order valence-electron chi connectivity index (χ0n) is 13.1. The van der Waals surface area contributed by atoms with E-state index in [0.29, 0.717) is 18.0 Å². The Morgan fingerprint density at radius 2 is 2.00 bits per heavy atom. The zero-order valence-corrected chi connectivity index (χ0v) is 14.6. The Hall–Kier alpha value is -1.56. The van der Waals surface area contributed by atoms with Gasteiger partial charge in [-0.1, -0.05) is 15.9 Å². The predicted octanol–water partition coefficient (Wildman–Crippen LogP) is 3.78. The average Bonchev–Trinajstić information content (AvgIpc) is 2.79. The number of nitrogens with zero attached hydrogens (tertiary/aromatic N) is 1. The number of carbonyl (C=O) groups excluding carboxylic acids is 2. The normalized spacial score (nSPS) is 18.5. The first-order chi connectivity index (χ1) is 10.3. The molecule has 0 saturated carbocycles. The molecular formula is C16H21BrN2O3. The molecule has 1 saturated heterocycles. The fourth-order valence-electron chi connectivity index (χ4n) is 2.28. The van der Waals surface area contributed by atoms with Crippen molar-refractivity contribution in [3.63, 3.8) is 0 Å². The molecule has 22 heavy (non-hydrogen) atoms. The number of nitrogens with one attached hydrogen (secondary N) is 1. The number of hydrogen-bond acceptors (Lipinski definition) is 3. The van der Waals surface area contributed by atoms with Crippen LogP contribution in [0.1, 0.15) is 27.2 Å². The van der Waals surface area contributed by atoms with E-state index in [1.165, 1.54) is 0 Å². The fraction of sp³-hybridized carbons (Fsp3) is 0.500. The van der Waals surface area contributed by atoms with Gasteiger partial charge >= 0.3 is 6.09 Å². The lowest BCUT2D eigenvalue weighted by molar-refractivity contribution is -0.117. The Balaban J connectivity index is 1.99. The lowest BCUT2D eigenvalue weighted by atomic mass is 10.2. The molecule has 2 amide bonds. The lowest BCUT2D eigenvalue weighted by Gasteiger charge is -2.20. The van der Waals surface area contributed by atoms with Crippen LogP contribution in [0, 0.1) is 5.92 Å². The summed E-state index contributed by atoms with van der Waals surface area (Å²) in [5, 5.41) is 3.50. The molecule has 1 N–H and O–H groups in total. The zero-order chi connectivity index (χ0) is 16.3. The molecule has 1 aromatic rings. The number of carbonyl (C=O) groups is 2. The van der Waals surface area contributed by atoms with Gasteiger partial charge in [0.15, 0.2) is 0 Å². The second-order valence-corrected chi connectivity index (χ2v) is 7.05. The first-order valence-electron chi connectivity index (χ1n) is 7.25. The molecular weight excluding hydrogens is 348 g/mol. The summed E-state index contributed by atoms with van der Waals surface area (Å²) in [6, 6.07) is 7.21. The van der Waals surface area contributed by atoms with Gasteiger partial charge in [0.05, 0.1) is 0 Å². The third-order valence-electron chi connectivity index (χ3n) is 3.25. The Morgan fingerprint density at radius 3 is 2.50 bits per heavy atom. The average molecular weight is 369 g/mol. The Labute approximate surface area is 139 Å². The van der Waals surface area contributed by atoms with Gasteiger partial charge in [-0.05, 0) is 51.0 Å². The summed E-state index contributed by atoms with van der Waals surface area (Å²) < 4.78 is 5.20. The number of alkyl halides is 1. The lowest BCUT2D eigenvalue weighted by Crippen LogP contribution is -2.27. The van der Waals surface area contributed by atoms with Gasteiger partial charge < -0.3 is 9.64 Å². The predicted molar refractivity (Wildman–Crippen MR) is 90.6 cm³/mol. The van der Waals surface area contributed by atoms with E-state index >= 15 is 0 Å². The molecule has 1 aromatic carbocycles. The maximum Gasteiger partial charge on any atom is 0.412 e. The van der Waals surface area contributed by atoms with E-state index in [1.807, 2.05) is 32.9 Å². The molecule has 1 atom stereocenters. The highest BCUT2D eigenvalue weighted by molar-refractivity contribution is 9.09. The molecule has 0 aliphatic carbocycles. The first-order valence-corrected chi connectivity index (χ1v) is 8.37. The van der Waals surface area contributed by atoms with Crippen LogP contribution in [0.25, 0.3) is 0 Å². The SMILES string of the molecule is CC(C)(C)OC(=O)Nc1ccc(N2CC(CBr)CC2=O)cc1. The third-order valence-corrected chi connectivity index (χ3v) is 4.16. The van der Waals surface area contributed by atoms with Crippen molar-refractivity contribution in [3.8, 4) is 0 Å². The van der Waals surface area contributed by atoms with Crippen LogP contribution in [0.4, 0.5) is 16.2 Å². The van der Waals surface area contributed by atoms with E-state index in [-0.39, 0.29) is 5.91 Å². The number of halogens is 1. The van der Waals surface area contributed by atoms with E-state index in [4.69, 9.17) is 4.74 Å². The first kappa shape index (κ1) is 16.8. The van der Waals surface area contributed by atoms with Gasteiger partial charge in [-0.3, -0.25) is 10.1 Å². The summed E-state index contributed by atoms with van der Waals surface area (Å²) in [6.07, 6.45) is 0.0836. The standard InChI is InChI=1S/C16H21BrN2O3/c1-16(2,3)22-15(21)18-12-4-6-13(7-5-12)19-10-11(9-17)8-14(19)20/h4-7,11H,8-10H2,1-3H3,(H,18,21). The van der Waals surface area contributed by atoms with Crippen molar-refractivity contribution in [3.05, 3.63) is 24.3 Å². The van der Waals surface area contributed by atoms with Crippen LogP contribution in [0.3, 0.4) is 0 Å². The molecule has 1 aliphatic rings. The minimum absolute atomic E-state index is 0.136.